The van der Waals surface area contributed by atoms with Gasteiger partial charge < -0.3 is 10.1 Å². The van der Waals surface area contributed by atoms with Crippen LogP contribution in [0.25, 0.3) is 10.6 Å². The molecule has 1 aromatic heterocycles. The van der Waals surface area contributed by atoms with Crippen LogP contribution in [0, 0.1) is 0 Å². The molecule has 0 unspecified atom stereocenters. The van der Waals surface area contributed by atoms with E-state index < -0.39 is 0 Å². The maximum atomic E-state index is 5.68. The first-order valence-corrected chi connectivity index (χ1v) is 8.14. The minimum Gasteiger partial charge on any atom is -0.494 e. The first-order valence-electron chi connectivity index (χ1n) is 7.26. The number of ether oxygens (including phenoxy) is 1. The second kappa shape index (κ2) is 6.37. The fourth-order valence-electron chi connectivity index (χ4n) is 2.00. The van der Waals surface area contributed by atoms with Gasteiger partial charge in [-0.1, -0.05) is 19.1 Å². The molecule has 106 valence electrons. The quantitative estimate of drug-likeness (QED) is 0.840. The van der Waals surface area contributed by atoms with Gasteiger partial charge in [-0.25, -0.2) is 4.98 Å². The third kappa shape index (κ3) is 3.58. The lowest BCUT2D eigenvalue weighted by Crippen LogP contribution is -2.15. The molecule has 0 bridgehead atoms. The highest BCUT2D eigenvalue weighted by Gasteiger charge is 2.20. The number of nitrogens with one attached hydrogen (secondary N) is 1. The van der Waals surface area contributed by atoms with Crippen LogP contribution in [0.1, 0.15) is 31.9 Å². The molecule has 1 aromatic carbocycles. The maximum Gasteiger partial charge on any atom is 0.123 e. The number of hydrogen-bond donors (Lipinski definition) is 1. The van der Waals surface area contributed by atoms with Crippen LogP contribution in [-0.2, 0) is 6.54 Å². The fourth-order valence-corrected chi connectivity index (χ4v) is 2.81. The summed E-state index contributed by atoms with van der Waals surface area (Å²) >= 11 is 1.70. The zero-order valence-electron chi connectivity index (χ0n) is 11.8. The number of nitrogens with zero attached hydrogens (tertiary/aromatic N) is 1. The Hall–Kier alpha value is -1.39. The van der Waals surface area contributed by atoms with Gasteiger partial charge in [-0.15, -0.1) is 11.3 Å². The van der Waals surface area contributed by atoms with Crippen LogP contribution in [0.5, 0.6) is 5.75 Å². The second-order valence-corrected chi connectivity index (χ2v) is 6.03. The van der Waals surface area contributed by atoms with E-state index in [0.29, 0.717) is 0 Å². The molecule has 0 saturated heterocycles. The molecular weight excluding hydrogens is 268 g/mol. The Labute approximate surface area is 124 Å². The van der Waals surface area contributed by atoms with Crippen LogP contribution in [0.4, 0.5) is 0 Å². The van der Waals surface area contributed by atoms with E-state index in [2.05, 4.69) is 29.8 Å². The van der Waals surface area contributed by atoms with Crippen molar-refractivity contribution >= 4 is 11.3 Å². The normalized spacial score (nSPS) is 14.4. The minimum absolute atomic E-state index is 0.728. The Kier molecular flexibility index (Phi) is 4.33. The van der Waals surface area contributed by atoms with Gasteiger partial charge in [0.05, 0.1) is 12.3 Å². The number of benzene rings is 1. The Balaban J connectivity index is 1.67. The van der Waals surface area contributed by atoms with Crippen molar-refractivity contribution < 1.29 is 4.74 Å². The molecule has 1 aliphatic rings. The third-order valence-corrected chi connectivity index (χ3v) is 4.19. The number of hydrogen-bond acceptors (Lipinski definition) is 4. The molecule has 1 aliphatic carbocycles. The molecule has 3 nitrogen and oxygen atoms in total. The topological polar surface area (TPSA) is 34.1 Å². The standard InChI is InChI=1S/C16H20N2OS/c1-2-8-19-15-5-3-4-12(9-15)16-18-14(11-20-16)10-17-13-6-7-13/h3-5,9,11,13,17H,2,6-8,10H2,1H3. The highest BCUT2D eigenvalue weighted by molar-refractivity contribution is 7.13. The van der Waals surface area contributed by atoms with Gasteiger partial charge in [0.25, 0.3) is 0 Å². The number of thiazole rings is 1. The summed E-state index contributed by atoms with van der Waals surface area (Å²) in [6.07, 6.45) is 3.65. The van der Waals surface area contributed by atoms with Crippen molar-refractivity contribution in [2.75, 3.05) is 6.61 Å². The summed E-state index contributed by atoms with van der Waals surface area (Å²) in [5, 5.41) is 6.71. The molecule has 1 saturated carbocycles. The van der Waals surface area contributed by atoms with Crippen molar-refractivity contribution in [3.8, 4) is 16.3 Å². The van der Waals surface area contributed by atoms with Crippen LogP contribution in [0.3, 0.4) is 0 Å². The van der Waals surface area contributed by atoms with Crippen molar-refractivity contribution in [3.63, 3.8) is 0 Å². The van der Waals surface area contributed by atoms with Gasteiger partial charge in [-0.05, 0) is 31.4 Å². The molecule has 0 spiro atoms. The first-order chi connectivity index (χ1) is 9.85. The molecule has 0 radical (unpaired) electrons. The molecule has 0 amide bonds. The van der Waals surface area contributed by atoms with E-state index >= 15 is 0 Å². The van der Waals surface area contributed by atoms with Gasteiger partial charge in [0.15, 0.2) is 0 Å². The van der Waals surface area contributed by atoms with Crippen molar-refractivity contribution in [2.24, 2.45) is 0 Å². The van der Waals surface area contributed by atoms with Gasteiger partial charge in [-0.2, -0.15) is 0 Å². The summed E-state index contributed by atoms with van der Waals surface area (Å²) in [6.45, 7) is 3.76. The predicted octanol–water partition coefficient (Wildman–Crippen LogP) is 3.85. The summed E-state index contributed by atoms with van der Waals surface area (Å²) in [6, 6.07) is 8.93. The van der Waals surface area contributed by atoms with Gasteiger partial charge in [0.1, 0.15) is 10.8 Å². The molecular formula is C16H20N2OS. The van der Waals surface area contributed by atoms with E-state index in [-0.39, 0.29) is 0 Å². The highest BCUT2D eigenvalue weighted by Crippen LogP contribution is 2.27. The van der Waals surface area contributed by atoms with Crippen molar-refractivity contribution in [3.05, 3.63) is 35.3 Å². The van der Waals surface area contributed by atoms with Crippen LogP contribution < -0.4 is 10.1 Å². The number of rotatable bonds is 7. The Morgan fingerprint density at radius 2 is 2.30 bits per heavy atom. The van der Waals surface area contributed by atoms with Crippen molar-refractivity contribution in [1.82, 2.24) is 10.3 Å². The van der Waals surface area contributed by atoms with Gasteiger partial charge in [-0.3, -0.25) is 0 Å². The van der Waals surface area contributed by atoms with E-state index in [1.807, 2.05) is 12.1 Å². The average molecular weight is 288 g/mol. The van der Waals surface area contributed by atoms with E-state index in [0.717, 1.165) is 47.6 Å². The largest absolute Gasteiger partial charge is 0.494 e. The molecule has 0 atom stereocenters. The Bertz CT molecular complexity index is 563. The van der Waals surface area contributed by atoms with Crippen LogP contribution >= 0.6 is 11.3 Å². The predicted molar refractivity (Wildman–Crippen MR) is 83.2 cm³/mol. The van der Waals surface area contributed by atoms with Gasteiger partial charge >= 0.3 is 0 Å². The summed E-state index contributed by atoms with van der Waals surface area (Å²) in [4.78, 5) is 4.70. The molecule has 0 aliphatic heterocycles. The molecule has 1 N–H and O–H groups in total. The highest BCUT2D eigenvalue weighted by atomic mass is 32.1. The molecule has 1 fully saturated rings. The average Bonchev–Trinajstić information content (AvgIpc) is 3.20. The van der Waals surface area contributed by atoms with Crippen LogP contribution in [0.2, 0.25) is 0 Å². The Morgan fingerprint density at radius 1 is 1.40 bits per heavy atom. The second-order valence-electron chi connectivity index (χ2n) is 5.18. The van der Waals surface area contributed by atoms with Crippen molar-refractivity contribution in [2.45, 2.75) is 38.8 Å². The monoisotopic (exact) mass is 288 g/mol. The molecule has 2 aromatic rings. The maximum absolute atomic E-state index is 5.68. The van der Waals surface area contributed by atoms with E-state index in [4.69, 9.17) is 9.72 Å². The van der Waals surface area contributed by atoms with Crippen LogP contribution in [0.15, 0.2) is 29.6 Å². The SMILES string of the molecule is CCCOc1cccc(-c2nc(CNC3CC3)cs2)c1. The molecule has 3 rings (SSSR count). The van der Waals surface area contributed by atoms with Gasteiger partial charge in [0, 0.05) is 23.5 Å². The molecule has 4 heteroatoms. The zero-order chi connectivity index (χ0) is 13.8. The summed E-state index contributed by atoms with van der Waals surface area (Å²) in [5.41, 5.74) is 2.28. The lowest BCUT2D eigenvalue weighted by Gasteiger charge is -2.05. The molecule has 1 heterocycles. The van der Waals surface area contributed by atoms with E-state index in [1.54, 1.807) is 11.3 Å². The lowest BCUT2D eigenvalue weighted by atomic mass is 10.2. The Morgan fingerprint density at radius 3 is 3.10 bits per heavy atom. The fraction of sp³-hybridized carbons (Fsp3) is 0.438. The molecule has 20 heavy (non-hydrogen) atoms. The van der Waals surface area contributed by atoms with Crippen LogP contribution in [-0.4, -0.2) is 17.6 Å². The zero-order valence-corrected chi connectivity index (χ0v) is 12.6. The van der Waals surface area contributed by atoms with Gasteiger partial charge in [0.2, 0.25) is 0 Å². The summed E-state index contributed by atoms with van der Waals surface area (Å²) in [7, 11) is 0. The number of aromatic nitrogens is 1. The third-order valence-electron chi connectivity index (χ3n) is 3.25. The minimum atomic E-state index is 0.728. The summed E-state index contributed by atoms with van der Waals surface area (Å²) < 4.78 is 5.68. The summed E-state index contributed by atoms with van der Waals surface area (Å²) in [5.74, 6) is 0.928. The first kappa shape index (κ1) is 13.6. The van der Waals surface area contributed by atoms with E-state index in [9.17, 15) is 0 Å². The van der Waals surface area contributed by atoms with Crippen molar-refractivity contribution in [1.29, 1.82) is 0 Å². The van der Waals surface area contributed by atoms with E-state index in [1.165, 1.54) is 12.8 Å². The lowest BCUT2D eigenvalue weighted by molar-refractivity contribution is 0.317. The smallest absolute Gasteiger partial charge is 0.123 e.